The molecule has 0 spiro atoms. The maximum absolute atomic E-state index is 5.30. The average Bonchev–Trinajstić information content (AvgIpc) is 2.99. The standard InChI is InChI=1S/C12H21N3O/c1-9(10(2)16-3)14-12-6-7-13-15(12)8-11-4-5-11/h6-7,9-11,14H,4-5,8H2,1-3H3. The van der Waals surface area contributed by atoms with E-state index < -0.39 is 0 Å². The summed E-state index contributed by atoms with van der Waals surface area (Å²) < 4.78 is 7.37. The fraction of sp³-hybridized carbons (Fsp3) is 0.750. The number of nitrogens with one attached hydrogen (secondary N) is 1. The minimum atomic E-state index is 0.198. The van der Waals surface area contributed by atoms with Crippen molar-refractivity contribution in [3.8, 4) is 0 Å². The van der Waals surface area contributed by atoms with E-state index >= 15 is 0 Å². The van der Waals surface area contributed by atoms with Crippen molar-refractivity contribution < 1.29 is 4.74 Å². The third kappa shape index (κ3) is 2.76. The Hall–Kier alpha value is -1.03. The first-order valence-corrected chi connectivity index (χ1v) is 6.02. The van der Waals surface area contributed by atoms with Crippen molar-refractivity contribution in [3.63, 3.8) is 0 Å². The monoisotopic (exact) mass is 223 g/mol. The second kappa shape index (κ2) is 4.87. The second-order valence-corrected chi connectivity index (χ2v) is 4.72. The predicted molar refractivity (Wildman–Crippen MR) is 64.5 cm³/mol. The van der Waals surface area contributed by atoms with Crippen LogP contribution in [0.2, 0.25) is 0 Å². The van der Waals surface area contributed by atoms with Gasteiger partial charge in [-0.25, -0.2) is 4.68 Å². The molecule has 0 amide bonds. The molecular weight excluding hydrogens is 202 g/mol. The molecule has 2 unspecified atom stereocenters. The topological polar surface area (TPSA) is 39.1 Å². The van der Waals surface area contributed by atoms with Crippen LogP contribution in [0.25, 0.3) is 0 Å². The SMILES string of the molecule is COC(C)C(C)Nc1ccnn1CC1CC1. The molecule has 1 aliphatic rings. The van der Waals surface area contributed by atoms with E-state index in [0.717, 1.165) is 18.3 Å². The van der Waals surface area contributed by atoms with E-state index in [1.165, 1.54) is 12.8 Å². The number of hydrogen-bond donors (Lipinski definition) is 1. The van der Waals surface area contributed by atoms with Crippen molar-refractivity contribution in [2.24, 2.45) is 5.92 Å². The molecule has 1 fully saturated rings. The first-order chi connectivity index (χ1) is 7.70. The molecule has 0 bridgehead atoms. The Bertz CT molecular complexity index is 333. The van der Waals surface area contributed by atoms with Crippen molar-refractivity contribution in [2.75, 3.05) is 12.4 Å². The lowest BCUT2D eigenvalue weighted by Gasteiger charge is -2.21. The molecule has 4 heteroatoms. The largest absolute Gasteiger partial charge is 0.380 e. The molecule has 1 aliphatic carbocycles. The summed E-state index contributed by atoms with van der Waals surface area (Å²) in [6.45, 7) is 5.24. The fourth-order valence-corrected chi connectivity index (χ4v) is 1.70. The molecular formula is C12H21N3O. The summed E-state index contributed by atoms with van der Waals surface area (Å²) in [5.41, 5.74) is 0. The number of aromatic nitrogens is 2. The minimum Gasteiger partial charge on any atom is -0.380 e. The smallest absolute Gasteiger partial charge is 0.124 e. The van der Waals surface area contributed by atoms with Gasteiger partial charge in [-0.05, 0) is 32.6 Å². The second-order valence-electron chi connectivity index (χ2n) is 4.72. The summed E-state index contributed by atoms with van der Waals surface area (Å²) >= 11 is 0. The minimum absolute atomic E-state index is 0.198. The maximum Gasteiger partial charge on any atom is 0.124 e. The van der Waals surface area contributed by atoms with Gasteiger partial charge in [0.15, 0.2) is 0 Å². The summed E-state index contributed by atoms with van der Waals surface area (Å²) in [7, 11) is 1.74. The molecule has 0 saturated heterocycles. The Morgan fingerprint density at radius 3 is 2.94 bits per heavy atom. The zero-order chi connectivity index (χ0) is 11.5. The summed E-state index contributed by atoms with van der Waals surface area (Å²) in [5, 5.41) is 7.80. The number of ether oxygens (including phenoxy) is 1. The van der Waals surface area contributed by atoms with Crippen LogP contribution < -0.4 is 5.32 Å². The van der Waals surface area contributed by atoms with E-state index in [4.69, 9.17) is 4.74 Å². The highest BCUT2D eigenvalue weighted by molar-refractivity contribution is 5.35. The van der Waals surface area contributed by atoms with E-state index in [-0.39, 0.29) is 6.10 Å². The van der Waals surface area contributed by atoms with Gasteiger partial charge in [-0.15, -0.1) is 0 Å². The van der Waals surface area contributed by atoms with Gasteiger partial charge in [0.25, 0.3) is 0 Å². The number of methoxy groups -OCH3 is 1. The Kier molecular flexibility index (Phi) is 3.49. The Labute approximate surface area is 97.0 Å². The summed E-state index contributed by atoms with van der Waals surface area (Å²) in [6, 6.07) is 2.32. The molecule has 1 aromatic heterocycles. The quantitative estimate of drug-likeness (QED) is 0.803. The Morgan fingerprint density at radius 1 is 1.56 bits per heavy atom. The number of rotatable bonds is 6. The lowest BCUT2D eigenvalue weighted by atomic mass is 10.2. The molecule has 1 heterocycles. The number of nitrogens with zero attached hydrogens (tertiary/aromatic N) is 2. The molecule has 0 radical (unpaired) electrons. The van der Waals surface area contributed by atoms with Gasteiger partial charge in [-0.3, -0.25) is 0 Å². The van der Waals surface area contributed by atoms with Crippen molar-refractivity contribution in [1.82, 2.24) is 9.78 Å². The molecule has 1 aromatic rings. The van der Waals surface area contributed by atoms with Gasteiger partial charge in [0.1, 0.15) is 5.82 Å². The molecule has 2 atom stereocenters. The van der Waals surface area contributed by atoms with Gasteiger partial charge in [0, 0.05) is 19.7 Å². The van der Waals surface area contributed by atoms with Crippen LogP contribution in [0, 0.1) is 5.92 Å². The highest BCUT2D eigenvalue weighted by Crippen LogP contribution is 2.31. The van der Waals surface area contributed by atoms with Crippen molar-refractivity contribution in [2.45, 2.75) is 45.4 Å². The summed E-state index contributed by atoms with van der Waals surface area (Å²) in [4.78, 5) is 0. The van der Waals surface area contributed by atoms with Gasteiger partial charge < -0.3 is 10.1 Å². The van der Waals surface area contributed by atoms with Crippen molar-refractivity contribution >= 4 is 5.82 Å². The van der Waals surface area contributed by atoms with Gasteiger partial charge >= 0.3 is 0 Å². The molecule has 4 nitrogen and oxygen atoms in total. The van der Waals surface area contributed by atoms with Crippen LogP contribution in [0.15, 0.2) is 12.3 Å². The average molecular weight is 223 g/mol. The van der Waals surface area contributed by atoms with Crippen molar-refractivity contribution in [3.05, 3.63) is 12.3 Å². The van der Waals surface area contributed by atoms with Gasteiger partial charge in [0.2, 0.25) is 0 Å². The lowest BCUT2D eigenvalue weighted by Crippen LogP contribution is -2.30. The summed E-state index contributed by atoms with van der Waals surface area (Å²) in [6.07, 6.45) is 4.76. The molecule has 2 rings (SSSR count). The zero-order valence-corrected chi connectivity index (χ0v) is 10.3. The first kappa shape index (κ1) is 11.5. The van der Waals surface area contributed by atoms with Crippen molar-refractivity contribution in [1.29, 1.82) is 0 Å². The number of anilines is 1. The lowest BCUT2D eigenvalue weighted by molar-refractivity contribution is 0.106. The highest BCUT2D eigenvalue weighted by atomic mass is 16.5. The zero-order valence-electron chi connectivity index (χ0n) is 10.3. The first-order valence-electron chi connectivity index (χ1n) is 6.02. The maximum atomic E-state index is 5.30. The van der Waals surface area contributed by atoms with E-state index in [9.17, 15) is 0 Å². The number of hydrogen-bond acceptors (Lipinski definition) is 3. The van der Waals surface area contributed by atoms with Crippen LogP contribution in [-0.4, -0.2) is 29.0 Å². The Morgan fingerprint density at radius 2 is 2.31 bits per heavy atom. The molecule has 0 aromatic carbocycles. The summed E-state index contributed by atoms with van der Waals surface area (Å²) in [5.74, 6) is 1.94. The van der Waals surface area contributed by atoms with Crippen LogP contribution in [-0.2, 0) is 11.3 Å². The third-order valence-electron chi connectivity index (χ3n) is 3.30. The molecule has 16 heavy (non-hydrogen) atoms. The normalized spacial score (nSPS) is 19.4. The Balaban J connectivity index is 1.94. The third-order valence-corrected chi connectivity index (χ3v) is 3.30. The van der Waals surface area contributed by atoms with Crippen LogP contribution in [0.3, 0.4) is 0 Å². The van der Waals surface area contributed by atoms with Crippen LogP contribution in [0.4, 0.5) is 5.82 Å². The molecule has 1 N–H and O–H groups in total. The van der Waals surface area contributed by atoms with E-state index in [2.05, 4.69) is 28.9 Å². The van der Waals surface area contributed by atoms with Gasteiger partial charge in [0.05, 0.1) is 18.3 Å². The van der Waals surface area contributed by atoms with Crippen LogP contribution >= 0.6 is 0 Å². The predicted octanol–water partition coefficient (Wildman–Crippen LogP) is 2.13. The highest BCUT2D eigenvalue weighted by Gasteiger charge is 2.23. The van der Waals surface area contributed by atoms with Crippen LogP contribution in [0.1, 0.15) is 26.7 Å². The van der Waals surface area contributed by atoms with E-state index in [1.54, 1.807) is 7.11 Å². The fourth-order valence-electron chi connectivity index (χ4n) is 1.70. The molecule has 1 saturated carbocycles. The van der Waals surface area contributed by atoms with Gasteiger partial charge in [-0.2, -0.15) is 5.10 Å². The molecule has 90 valence electrons. The van der Waals surface area contributed by atoms with Gasteiger partial charge in [-0.1, -0.05) is 0 Å². The van der Waals surface area contributed by atoms with E-state index in [0.29, 0.717) is 6.04 Å². The van der Waals surface area contributed by atoms with Crippen LogP contribution in [0.5, 0.6) is 0 Å². The molecule has 0 aliphatic heterocycles. The van der Waals surface area contributed by atoms with E-state index in [1.807, 2.05) is 12.3 Å².